The normalized spacial score (nSPS) is 15.9. The summed E-state index contributed by atoms with van der Waals surface area (Å²) in [5, 5.41) is 0.0417. The molecule has 2 heterocycles. The standard InChI is InChI=1S/C12H9Cl2N3O3S/c1-20-8-3-2-7-6-17(9-4-5-15-12(14)16-9)21(18,19)11(7)10(8)13/h2-5H,6H2,1H3. The maximum absolute atomic E-state index is 12.7. The average Bonchev–Trinajstić information content (AvgIpc) is 2.71. The van der Waals surface area contributed by atoms with Gasteiger partial charge in [-0.05, 0) is 23.2 Å². The fourth-order valence-corrected chi connectivity index (χ4v) is 4.52. The number of ether oxygens (including phenoxy) is 1. The molecule has 0 saturated heterocycles. The van der Waals surface area contributed by atoms with E-state index >= 15 is 0 Å². The van der Waals surface area contributed by atoms with Crippen LogP contribution >= 0.6 is 23.2 Å². The SMILES string of the molecule is COc1ccc2c(c1Cl)S(=O)(=O)N(c1ccnc(Cl)n1)C2. The number of benzene rings is 1. The second kappa shape index (κ2) is 5.01. The smallest absolute Gasteiger partial charge is 0.267 e. The fraction of sp³-hybridized carbons (Fsp3) is 0.167. The first-order valence-electron chi connectivity index (χ1n) is 5.82. The highest BCUT2D eigenvalue weighted by Crippen LogP contribution is 2.42. The summed E-state index contributed by atoms with van der Waals surface area (Å²) >= 11 is 11.9. The Morgan fingerprint density at radius 3 is 2.71 bits per heavy atom. The van der Waals surface area contributed by atoms with Gasteiger partial charge in [0, 0.05) is 12.3 Å². The molecule has 0 amide bonds. The van der Waals surface area contributed by atoms with Crippen LogP contribution in [0.25, 0.3) is 0 Å². The summed E-state index contributed by atoms with van der Waals surface area (Å²) in [4.78, 5) is 7.71. The van der Waals surface area contributed by atoms with E-state index in [1.807, 2.05) is 0 Å². The van der Waals surface area contributed by atoms with Crippen molar-refractivity contribution in [3.8, 4) is 5.75 Å². The average molecular weight is 346 g/mol. The quantitative estimate of drug-likeness (QED) is 0.782. The van der Waals surface area contributed by atoms with Crippen LogP contribution < -0.4 is 9.04 Å². The lowest BCUT2D eigenvalue weighted by Gasteiger charge is -2.15. The first kappa shape index (κ1) is 14.4. The van der Waals surface area contributed by atoms with E-state index in [-0.39, 0.29) is 27.6 Å². The minimum absolute atomic E-state index is 0.0256. The summed E-state index contributed by atoms with van der Waals surface area (Å²) < 4.78 is 31.5. The molecule has 2 aromatic rings. The second-order valence-electron chi connectivity index (χ2n) is 4.27. The number of sulfonamides is 1. The van der Waals surface area contributed by atoms with Gasteiger partial charge < -0.3 is 4.74 Å². The predicted molar refractivity (Wildman–Crippen MR) is 78.4 cm³/mol. The largest absolute Gasteiger partial charge is 0.495 e. The van der Waals surface area contributed by atoms with Crippen LogP contribution in [0, 0.1) is 0 Å². The Kier molecular flexibility index (Phi) is 3.43. The summed E-state index contributed by atoms with van der Waals surface area (Å²) in [5.74, 6) is 0.503. The van der Waals surface area contributed by atoms with Gasteiger partial charge in [0.1, 0.15) is 21.5 Å². The summed E-state index contributed by atoms with van der Waals surface area (Å²) in [6.07, 6.45) is 1.39. The molecule has 0 saturated carbocycles. The van der Waals surface area contributed by atoms with Crippen LogP contribution in [0.15, 0.2) is 29.3 Å². The Labute approximate surface area is 131 Å². The van der Waals surface area contributed by atoms with Gasteiger partial charge in [-0.1, -0.05) is 17.7 Å². The molecule has 1 aromatic heterocycles. The van der Waals surface area contributed by atoms with Gasteiger partial charge in [-0.15, -0.1) is 0 Å². The number of anilines is 1. The minimum Gasteiger partial charge on any atom is -0.495 e. The highest BCUT2D eigenvalue weighted by molar-refractivity contribution is 7.93. The van der Waals surface area contributed by atoms with Crippen molar-refractivity contribution in [3.05, 3.63) is 40.3 Å². The number of halogens is 2. The molecule has 0 unspecified atom stereocenters. The lowest BCUT2D eigenvalue weighted by Crippen LogP contribution is -2.24. The maximum Gasteiger partial charge on any atom is 0.267 e. The van der Waals surface area contributed by atoms with Gasteiger partial charge in [0.05, 0.1) is 13.7 Å². The summed E-state index contributed by atoms with van der Waals surface area (Å²) in [7, 11) is -2.38. The molecule has 1 aromatic carbocycles. The van der Waals surface area contributed by atoms with E-state index < -0.39 is 10.0 Å². The Bertz CT molecular complexity index is 826. The van der Waals surface area contributed by atoms with Crippen LogP contribution in [0.3, 0.4) is 0 Å². The molecule has 0 aliphatic carbocycles. The van der Waals surface area contributed by atoms with E-state index in [0.717, 1.165) is 4.31 Å². The summed E-state index contributed by atoms with van der Waals surface area (Å²) in [6, 6.07) is 4.77. The van der Waals surface area contributed by atoms with E-state index in [2.05, 4.69) is 9.97 Å². The monoisotopic (exact) mass is 345 g/mol. The topological polar surface area (TPSA) is 72.4 Å². The molecule has 1 aliphatic rings. The van der Waals surface area contributed by atoms with E-state index in [4.69, 9.17) is 27.9 Å². The van der Waals surface area contributed by atoms with E-state index in [1.165, 1.54) is 19.4 Å². The Balaban J connectivity index is 2.17. The predicted octanol–water partition coefficient (Wildman–Crippen LogP) is 2.50. The Morgan fingerprint density at radius 2 is 2.05 bits per heavy atom. The molecule has 0 fully saturated rings. The van der Waals surface area contributed by atoms with Crippen molar-refractivity contribution in [2.45, 2.75) is 11.4 Å². The second-order valence-corrected chi connectivity index (χ2v) is 6.78. The highest BCUT2D eigenvalue weighted by atomic mass is 35.5. The molecular formula is C12H9Cl2N3O3S. The van der Waals surface area contributed by atoms with Crippen LogP contribution in [0.5, 0.6) is 5.75 Å². The third-order valence-corrected chi connectivity index (χ3v) is 5.64. The lowest BCUT2D eigenvalue weighted by atomic mass is 10.2. The Hall–Kier alpha value is -1.57. The van der Waals surface area contributed by atoms with Crippen molar-refractivity contribution >= 4 is 39.0 Å². The van der Waals surface area contributed by atoms with Gasteiger partial charge in [-0.2, -0.15) is 4.98 Å². The zero-order chi connectivity index (χ0) is 15.2. The van der Waals surface area contributed by atoms with Crippen molar-refractivity contribution < 1.29 is 13.2 Å². The lowest BCUT2D eigenvalue weighted by molar-refractivity contribution is 0.413. The first-order chi connectivity index (χ1) is 9.95. The van der Waals surface area contributed by atoms with Crippen molar-refractivity contribution in [1.82, 2.24) is 9.97 Å². The third-order valence-electron chi connectivity index (χ3n) is 3.09. The third kappa shape index (κ3) is 2.21. The number of hydrogen-bond acceptors (Lipinski definition) is 5. The molecule has 21 heavy (non-hydrogen) atoms. The zero-order valence-electron chi connectivity index (χ0n) is 10.7. The maximum atomic E-state index is 12.7. The molecule has 6 nitrogen and oxygen atoms in total. The molecule has 0 bridgehead atoms. The van der Waals surface area contributed by atoms with Gasteiger partial charge in [-0.3, -0.25) is 0 Å². The van der Waals surface area contributed by atoms with Crippen molar-refractivity contribution in [2.24, 2.45) is 0 Å². The van der Waals surface area contributed by atoms with Crippen LogP contribution in [-0.4, -0.2) is 25.5 Å². The molecule has 110 valence electrons. The van der Waals surface area contributed by atoms with E-state index in [0.29, 0.717) is 11.3 Å². The van der Waals surface area contributed by atoms with Gasteiger partial charge in [0.25, 0.3) is 10.0 Å². The minimum atomic E-state index is -3.81. The fourth-order valence-electron chi connectivity index (χ4n) is 2.16. The highest BCUT2D eigenvalue weighted by Gasteiger charge is 2.38. The van der Waals surface area contributed by atoms with Crippen molar-refractivity contribution in [1.29, 1.82) is 0 Å². The zero-order valence-corrected chi connectivity index (χ0v) is 13.1. The molecule has 9 heteroatoms. The number of fused-ring (bicyclic) bond motifs is 1. The number of hydrogen-bond donors (Lipinski definition) is 0. The number of aromatic nitrogens is 2. The molecule has 0 spiro atoms. The molecule has 3 rings (SSSR count). The first-order valence-corrected chi connectivity index (χ1v) is 8.01. The summed E-state index contributed by atoms with van der Waals surface area (Å²) in [5.41, 5.74) is 0.579. The number of nitrogens with zero attached hydrogens (tertiary/aromatic N) is 3. The van der Waals surface area contributed by atoms with Crippen LogP contribution in [0.1, 0.15) is 5.56 Å². The molecule has 0 N–H and O–H groups in total. The molecular weight excluding hydrogens is 337 g/mol. The van der Waals surface area contributed by atoms with Gasteiger partial charge >= 0.3 is 0 Å². The van der Waals surface area contributed by atoms with Gasteiger partial charge in [-0.25, -0.2) is 17.7 Å². The van der Waals surface area contributed by atoms with Gasteiger partial charge in [0.15, 0.2) is 0 Å². The van der Waals surface area contributed by atoms with E-state index in [9.17, 15) is 8.42 Å². The van der Waals surface area contributed by atoms with Crippen LogP contribution in [0.2, 0.25) is 10.3 Å². The number of methoxy groups -OCH3 is 1. The molecule has 1 aliphatic heterocycles. The van der Waals surface area contributed by atoms with Crippen LogP contribution in [-0.2, 0) is 16.6 Å². The Morgan fingerprint density at radius 1 is 1.29 bits per heavy atom. The molecule has 0 radical (unpaired) electrons. The van der Waals surface area contributed by atoms with Crippen molar-refractivity contribution in [3.63, 3.8) is 0 Å². The van der Waals surface area contributed by atoms with E-state index in [1.54, 1.807) is 12.1 Å². The number of rotatable bonds is 2. The molecule has 0 atom stereocenters. The van der Waals surface area contributed by atoms with Gasteiger partial charge in [0.2, 0.25) is 5.28 Å². The summed E-state index contributed by atoms with van der Waals surface area (Å²) in [6.45, 7) is 0.134. The van der Waals surface area contributed by atoms with Crippen LogP contribution in [0.4, 0.5) is 5.82 Å². The van der Waals surface area contributed by atoms with Crippen molar-refractivity contribution in [2.75, 3.05) is 11.4 Å².